The maximum atomic E-state index is 12.3. The van der Waals surface area contributed by atoms with Gasteiger partial charge in [-0.2, -0.15) is 0 Å². The molecule has 1 aromatic carbocycles. The molecule has 0 aromatic heterocycles. The van der Waals surface area contributed by atoms with Gasteiger partial charge >= 0.3 is 0 Å². The molecule has 0 bridgehead atoms. The summed E-state index contributed by atoms with van der Waals surface area (Å²) in [6.07, 6.45) is 5.00. The number of nitrogens with one attached hydrogen (secondary N) is 2. The Kier molecular flexibility index (Phi) is 9.28. The quantitative estimate of drug-likeness (QED) is 0.570. The van der Waals surface area contributed by atoms with Crippen LogP contribution in [-0.4, -0.2) is 44.7 Å². The van der Waals surface area contributed by atoms with Gasteiger partial charge in [0.25, 0.3) is 0 Å². The van der Waals surface area contributed by atoms with E-state index in [2.05, 4.69) is 22.8 Å². The summed E-state index contributed by atoms with van der Waals surface area (Å²) in [5, 5.41) is 5.92. The molecule has 0 spiro atoms. The lowest BCUT2D eigenvalue weighted by Crippen LogP contribution is -2.44. The normalized spacial score (nSPS) is 15.6. The Morgan fingerprint density at radius 3 is 2.43 bits per heavy atom. The molecule has 1 aromatic rings. The van der Waals surface area contributed by atoms with Crippen LogP contribution < -0.4 is 15.4 Å². The van der Waals surface area contributed by atoms with E-state index < -0.39 is 0 Å². The van der Waals surface area contributed by atoms with Crippen LogP contribution in [0.15, 0.2) is 24.3 Å². The summed E-state index contributed by atoms with van der Waals surface area (Å²) in [5.74, 6) is 0.960. The number of rotatable bonds is 11. The number of carbonyl (C=O) groups excluding carboxylic acids is 2. The fourth-order valence-electron chi connectivity index (χ4n) is 3.61. The molecule has 0 unspecified atom stereocenters. The van der Waals surface area contributed by atoms with Crippen LogP contribution in [0.4, 0.5) is 0 Å². The molecule has 1 saturated heterocycles. The molecule has 2 rings (SSSR count). The summed E-state index contributed by atoms with van der Waals surface area (Å²) >= 11 is 0. The fourth-order valence-corrected chi connectivity index (χ4v) is 3.61. The van der Waals surface area contributed by atoms with Crippen molar-refractivity contribution in [1.29, 1.82) is 0 Å². The molecule has 6 heteroatoms. The van der Waals surface area contributed by atoms with Crippen LogP contribution >= 0.6 is 0 Å². The standard InChI is InChI=1S/C22H34N2O4/c1-3-28-20-10-8-19(9-11-20)22(12-15-27-16-13-22)17-24-21(26)7-5-4-6-14-23-18(2)25/h8-11H,3-7,12-17H2,1-2H3,(H,23,25)(H,24,26). The van der Waals surface area contributed by atoms with Crippen LogP contribution in [-0.2, 0) is 19.7 Å². The Bertz CT molecular complexity index is 609. The summed E-state index contributed by atoms with van der Waals surface area (Å²) in [7, 11) is 0. The second kappa shape index (κ2) is 11.7. The van der Waals surface area contributed by atoms with E-state index in [0.29, 0.717) is 39.3 Å². The van der Waals surface area contributed by atoms with Gasteiger partial charge in [0.05, 0.1) is 6.61 Å². The fraction of sp³-hybridized carbons (Fsp3) is 0.636. The van der Waals surface area contributed by atoms with E-state index >= 15 is 0 Å². The highest BCUT2D eigenvalue weighted by molar-refractivity contribution is 5.76. The van der Waals surface area contributed by atoms with Crippen LogP contribution in [0.25, 0.3) is 0 Å². The second-order valence-electron chi connectivity index (χ2n) is 7.42. The lowest BCUT2D eigenvalue weighted by Gasteiger charge is -2.38. The summed E-state index contributed by atoms with van der Waals surface area (Å²) < 4.78 is 11.1. The van der Waals surface area contributed by atoms with E-state index in [1.807, 2.05) is 19.1 Å². The molecule has 156 valence electrons. The molecule has 0 atom stereocenters. The summed E-state index contributed by atoms with van der Waals surface area (Å²) in [4.78, 5) is 23.1. The Hall–Kier alpha value is -2.08. The lowest BCUT2D eigenvalue weighted by atomic mass is 9.74. The van der Waals surface area contributed by atoms with Crippen molar-refractivity contribution in [1.82, 2.24) is 10.6 Å². The van der Waals surface area contributed by atoms with Gasteiger partial charge in [-0.15, -0.1) is 0 Å². The largest absolute Gasteiger partial charge is 0.494 e. The maximum Gasteiger partial charge on any atom is 0.220 e. The van der Waals surface area contributed by atoms with Gasteiger partial charge in [0.1, 0.15) is 5.75 Å². The summed E-state index contributed by atoms with van der Waals surface area (Å²) in [5.41, 5.74) is 1.15. The van der Waals surface area contributed by atoms with Gasteiger partial charge in [-0.05, 0) is 50.3 Å². The maximum absolute atomic E-state index is 12.3. The third-order valence-corrected chi connectivity index (χ3v) is 5.31. The van der Waals surface area contributed by atoms with E-state index in [-0.39, 0.29) is 17.2 Å². The Labute approximate surface area is 168 Å². The Morgan fingerprint density at radius 2 is 1.79 bits per heavy atom. The number of hydrogen-bond acceptors (Lipinski definition) is 4. The molecule has 2 N–H and O–H groups in total. The van der Waals surface area contributed by atoms with Crippen molar-refractivity contribution in [3.05, 3.63) is 29.8 Å². The first kappa shape index (κ1) is 22.2. The number of amides is 2. The van der Waals surface area contributed by atoms with Gasteiger partial charge < -0.3 is 20.1 Å². The predicted molar refractivity (Wildman–Crippen MR) is 110 cm³/mol. The van der Waals surface area contributed by atoms with E-state index in [1.54, 1.807) is 0 Å². The van der Waals surface area contributed by atoms with Gasteiger partial charge in [-0.3, -0.25) is 9.59 Å². The molecule has 2 amide bonds. The van der Waals surface area contributed by atoms with Crippen molar-refractivity contribution in [2.24, 2.45) is 0 Å². The molecule has 0 aliphatic carbocycles. The van der Waals surface area contributed by atoms with Crippen molar-refractivity contribution in [3.8, 4) is 5.75 Å². The minimum atomic E-state index is -0.0793. The highest BCUT2D eigenvalue weighted by atomic mass is 16.5. The zero-order valence-electron chi connectivity index (χ0n) is 17.2. The Balaban J connectivity index is 1.83. The number of benzene rings is 1. The second-order valence-corrected chi connectivity index (χ2v) is 7.42. The molecule has 1 aliphatic heterocycles. The van der Waals surface area contributed by atoms with Gasteiger partial charge in [-0.25, -0.2) is 0 Å². The highest BCUT2D eigenvalue weighted by Crippen LogP contribution is 2.35. The summed E-state index contributed by atoms with van der Waals surface area (Å²) in [6, 6.07) is 8.24. The number of unbranched alkanes of at least 4 members (excludes halogenated alkanes) is 2. The van der Waals surface area contributed by atoms with E-state index in [0.717, 1.165) is 37.9 Å². The molecule has 1 aliphatic rings. The first-order valence-electron chi connectivity index (χ1n) is 10.4. The van der Waals surface area contributed by atoms with Gasteiger partial charge in [0, 0.05) is 45.1 Å². The Morgan fingerprint density at radius 1 is 1.07 bits per heavy atom. The zero-order chi connectivity index (χ0) is 20.2. The van der Waals surface area contributed by atoms with Crippen molar-refractivity contribution in [3.63, 3.8) is 0 Å². The predicted octanol–water partition coefficient (Wildman–Crippen LogP) is 2.95. The molecule has 6 nitrogen and oxygen atoms in total. The number of carbonyl (C=O) groups is 2. The van der Waals surface area contributed by atoms with E-state index in [4.69, 9.17) is 9.47 Å². The van der Waals surface area contributed by atoms with Gasteiger partial charge in [-0.1, -0.05) is 18.6 Å². The van der Waals surface area contributed by atoms with Gasteiger partial charge in [0.2, 0.25) is 11.8 Å². The van der Waals surface area contributed by atoms with Crippen LogP contribution in [0, 0.1) is 0 Å². The average Bonchev–Trinajstić information content (AvgIpc) is 2.70. The third kappa shape index (κ3) is 7.15. The van der Waals surface area contributed by atoms with E-state index in [9.17, 15) is 9.59 Å². The van der Waals surface area contributed by atoms with Crippen molar-refractivity contribution >= 4 is 11.8 Å². The molecular weight excluding hydrogens is 356 g/mol. The zero-order valence-corrected chi connectivity index (χ0v) is 17.2. The third-order valence-electron chi connectivity index (χ3n) is 5.31. The monoisotopic (exact) mass is 390 g/mol. The first-order valence-corrected chi connectivity index (χ1v) is 10.4. The molecule has 1 fully saturated rings. The van der Waals surface area contributed by atoms with E-state index in [1.165, 1.54) is 12.5 Å². The number of ether oxygens (including phenoxy) is 2. The molecule has 0 radical (unpaired) electrons. The average molecular weight is 391 g/mol. The molecule has 0 saturated carbocycles. The van der Waals surface area contributed by atoms with Crippen molar-refractivity contribution in [2.75, 3.05) is 32.9 Å². The molecule has 1 heterocycles. The van der Waals surface area contributed by atoms with Crippen LogP contribution in [0.3, 0.4) is 0 Å². The SMILES string of the molecule is CCOc1ccc(C2(CNC(=O)CCCCCNC(C)=O)CCOCC2)cc1. The summed E-state index contributed by atoms with van der Waals surface area (Å²) in [6.45, 7) is 6.89. The minimum absolute atomic E-state index is 0.00575. The molecular formula is C22H34N2O4. The topological polar surface area (TPSA) is 76.7 Å². The lowest BCUT2D eigenvalue weighted by molar-refractivity contribution is -0.122. The van der Waals surface area contributed by atoms with Crippen molar-refractivity contribution in [2.45, 2.75) is 57.8 Å². The molecule has 28 heavy (non-hydrogen) atoms. The van der Waals surface area contributed by atoms with Crippen LogP contribution in [0.2, 0.25) is 0 Å². The minimum Gasteiger partial charge on any atom is -0.494 e. The smallest absolute Gasteiger partial charge is 0.220 e. The highest BCUT2D eigenvalue weighted by Gasteiger charge is 2.34. The number of hydrogen-bond donors (Lipinski definition) is 2. The first-order chi connectivity index (χ1) is 13.6. The van der Waals surface area contributed by atoms with Crippen LogP contribution in [0.5, 0.6) is 5.75 Å². The van der Waals surface area contributed by atoms with Crippen molar-refractivity contribution < 1.29 is 19.1 Å². The van der Waals surface area contributed by atoms with Gasteiger partial charge in [0.15, 0.2) is 0 Å². The van der Waals surface area contributed by atoms with Crippen LogP contribution in [0.1, 0.15) is 57.9 Å².